The minimum atomic E-state index is -0.696. The van der Waals surface area contributed by atoms with Gasteiger partial charge in [0.05, 0.1) is 44.0 Å². The first-order chi connectivity index (χ1) is 34.4. The van der Waals surface area contributed by atoms with Gasteiger partial charge in [-0.15, -0.1) is 0 Å². The molecule has 0 fully saturated rings. The summed E-state index contributed by atoms with van der Waals surface area (Å²) in [7, 11) is 0. The molecule has 0 aliphatic heterocycles. The van der Waals surface area contributed by atoms with Crippen molar-refractivity contribution >= 4 is 43.6 Å². The van der Waals surface area contributed by atoms with Gasteiger partial charge in [-0.3, -0.25) is 9.13 Å². The molecular weight excluding hydrogens is 683 g/mol. The van der Waals surface area contributed by atoms with Gasteiger partial charge in [0.1, 0.15) is 0 Å². The summed E-state index contributed by atoms with van der Waals surface area (Å²) < 4.78 is 144. The second-order valence-corrected chi connectivity index (χ2v) is 12.9. The van der Waals surface area contributed by atoms with E-state index in [1.54, 1.807) is 12.1 Å². The SMILES string of the molecule is [2H]c1c([2H])c([2H])c2c(c1[2H])c1c([2H])c([2H])c([2H])c([2H])c1n2-c1nc(-c2ccc(-c3cc(-c4ccccc4)cc(-c4ccccc4)c3)cc2)nc(-n2c3c([2H])c([2H])c([2H])c([2H])c3c3c([2H])c([2H])c([2H])c([2H])c32)n1. The summed E-state index contributed by atoms with van der Waals surface area (Å²) in [5.74, 6) is -1.07. The van der Waals surface area contributed by atoms with E-state index in [4.69, 9.17) is 31.4 Å². The maximum atomic E-state index is 9.19. The summed E-state index contributed by atoms with van der Waals surface area (Å²) >= 11 is 0. The second-order valence-electron chi connectivity index (χ2n) is 12.9. The Labute approximate surface area is 345 Å². The van der Waals surface area contributed by atoms with Gasteiger partial charge in [-0.1, -0.05) is 157 Å². The smallest absolute Gasteiger partial charge is 0.240 e. The van der Waals surface area contributed by atoms with Crippen LogP contribution in [0.1, 0.15) is 21.9 Å². The molecule has 0 amide bonds. The van der Waals surface area contributed by atoms with Crippen molar-refractivity contribution in [1.29, 1.82) is 0 Å². The molecule has 5 heteroatoms. The average molecular weight is 732 g/mol. The molecule has 3 aromatic heterocycles. The van der Waals surface area contributed by atoms with Gasteiger partial charge in [-0.2, -0.15) is 15.0 Å². The molecular formula is C51H33N5. The minimum Gasteiger partial charge on any atom is -0.278 e. The van der Waals surface area contributed by atoms with Gasteiger partial charge in [-0.25, -0.2) is 0 Å². The Kier molecular flexibility index (Phi) is 4.57. The average Bonchev–Trinajstić information content (AvgIpc) is 3.97. The number of rotatable bonds is 6. The first-order valence-electron chi connectivity index (χ1n) is 25.6. The molecule has 8 aromatic carbocycles. The Morgan fingerprint density at radius 2 is 0.643 bits per heavy atom. The van der Waals surface area contributed by atoms with Crippen LogP contribution in [-0.2, 0) is 0 Å². The van der Waals surface area contributed by atoms with Crippen molar-refractivity contribution in [3.8, 4) is 56.7 Å². The van der Waals surface area contributed by atoms with Crippen molar-refractivity contribution in [2.75, 3.05) is 0 Å². The molecule has 0 bridgehead atoms. The largest absolute Gasteiger partial charge is 0.278 e. The zero-order chi connectivity index (χ0) is 50.9. The summed E-state index contributed by atoms with van der Waals surface area (Å²) in [6.45, 7) is 0. The van der Waals surface area contributed by atoms with Crippen LogP contribution in [0.5, 0.6) is 0 Å². The van der Waals surface area contributed by atoms with E-state index < -0.39 is 109 Å². The van der Waals surface area contributed by atoms with E-state index in [9.17, 15) is 5.48 Å². The summed E-state index contributed by atoms with van der Waals surface area (Å²) in [5, 5.41) is -1.04. The molecule has 0 radical (unpaired) electrons. The van der Waals surface area contributed by atoms with Crippen LogP contribution in [0.2, 0.25) is 0 Å². The molecule has 5 nitrogen and oxygen atoms in total. The number of hydrogen-bond acceptors (Lipinski definition) is 3. The van der Waals surface area contributed by atoms with Gasteiger partial charge < -0.3 is 0 Å². The van der Waals surface area contributed by atoms with Crippen LogP contribution in [0.15, 0.2) is 200 Å². The zero-order valence-corrected chi connectivity index (χ0v) is 29.1. The van der Waals surface area contributed by atoms with Gasteiger partial charge in [-0.05, 0) is 75.7 Å². The maximum Gasteiger partial charge on any atom is 0.240 e. The second kappa shape index (κ2) is 13.0. The van der Waals surface area contributed by atoms with Gasteiger partial charge in [0.15, 0.2) is 5.82 Å². The zero-order valence-electron chi connectivity index (χ0n) is 45.1. The van der Waals surface area contributed by atoms with Crippen molar-refractivity contribution < 1.29 is 21.9 Å². The van der Waals surface area contributed by atoms with E-state index in [1.165, 1.54) is 0 Å². The molecule has 3 heterocycles. The Hall–Kier alpha value is -7.63. The predicted molar refractivity (Wildman–Crippen MR) is 230 cm³/mol. The lowest BCUT2D eigenvalue weighted by atomic mass is 9.93. The van der Waals surface area contributed by atoms with E-state index in [1.807, 2.05) is 72.8 Å². The van der Waals surface area contributed by atoms with E-state index in [0.29, 0.717) is 5.56 Å². The number of benzene rings is 8. The summed E-state index contributed by atoms with van der Waals surface area (Å²) in [6, 6.07) is 22.7. The Morgan fingerprint density at radius 3 is 1.02 bits per heavy atom. The normalized spacial score (nSPS) is 15.6. The van der Waals surface area contributed by atoms with E-state index in [0.717, 1.165) is 42.5 Å². The Morgan fingerprint density at radius 1 is 0.321 bits per heavy atom. The fourth-order valence-corrected chi connectivity index (χ4v) is 7.13. The fourth-order valence-electron chi connectivity index (χ4n) is 7.13. The van der Waals surface area contributed by atoms with Gasteiger partial charge in [0.2, 0.25) is 11.9 Å². The van der Waals surface area contributed by atoms with Crippen molar-refractivity contribution in [2.45, 2.75) is 0 Å². The third-order valence-electron chi connectivity index (χ3n) is 9.70. The molecule has 0 atom stereocenters. The van der Waals surface area contributed by atoms with Crippen molar-refractivity contribution in [1.82, 2.24) is 24.1 Å². The van der Waals surface area contributed by atoms with Crippen LogP contribution in [0, 0.1) is 0 Å². The molecule has 0 saturated carbocycles. The predicted octanol–water partition coefficient (Wildman–Crippen LogP) is 12.7. The molecule has 0 N–H and O–H groups in total. The molecule has 11 rings (SSSR count). The van der Waals surface area contributed by atoms with Gasteiger partial charge in [0, 0.05) is 27.1 Å². The Balaban J connectivity index is 1.25. The molecule has 0 aliphatic carbocycles. The summed E-state index contributed by atoms with van der Waals surface area (Å²) in [5.41, 5.74) is 4.61. The topological polar surface area (TPSA) is 48.5 Å². The highest BCUT2D eigenvalue weighted by molar-refractivity contribution is 6.10. The number of nitrogens with zero attached hydrogens (tertiary/aromatic N) is 5. The molecule has 262 valence electrons. The number of para-hydroxylation sites is 4. The minimum absolute atomic E-state index is 0.141. The standard InChI is InChI=1S/C51H33N5/c1-3-15-34(16-4-1)38-31-39(35-17-5-2-6-18-35)33-40(32-38)36-27-29-37(30-28-36)49-52-50(55-45-23-11-7-19-41(45)42-20-8-12-24-46(42)55)54-51(53-49)56-47-25-13-9-21-43(47)44-22-10-14-26-48(44)56/h1-33H/i7D,8D,9D,10D,11D,12D,13D,14D,19D,20D,21D,22D,23D,24D,25D,26D. The summed E-state index contributed by atoms with van der Waals surface area (Å²) in [6.07, 6.45) is 0. The number of aromatic nitrogens is 5. The molecule has 0 saturated heterocycles. The number of hydrogen-bond donors (Lipinski definition) is 0. The van der Waals surface area contributed by atoms with Gasteiger partial charge >= 0.3 is 0 Å². The van der Waals surface area contributed by atoms with Crippen LogP contribution < -0.4 is 0 Å². The van der Waals surface area contributed by atoms with E-state index in [-0.39, 0.29) is 49.4 Å². The third kappa shape index (κ3) is 5.29. The van der Waals surface area contributed by atoms with Crippen molar-refractivity contribution in [3.63, 3.8) is 0 Å². The Bertz CT molecular complexity index is 3770. The maximum absolute atomic E-state index is 9.19. The quantitative estimate of drug-likeness (QED) is 0.171. The molecule has 0 unspecified atom stereocenters. The van der Waals surface area contributed by atoms with E-state index in [2.05, 4.69) is 18.2 Å². The van der Waals surface area contributed by atoms with Crippen molar-refractivity contribution in [3.05, 3.63) is 200 Å². The van der Waals surface area contributed by atoms with E-state index >= 15 is 0 Å². The van der Waals surface area contributed by atoms with Crippen LogP contribution in [0.25, 0.3) is 100 Å². The summed E-state index contributed by atoms with van der Waals surface area (Å²) in [4.78, 5) is 14.4. The van der Waals surface area contributed by atoms with Crippen LogP contribution in [0.3, 0.4) is 0 Å². The van der Waals surface area contributed by atoms with Crippen LogP contribution in [-0.4, -0.2) is 24.1 Å². The highest BCUT2D eigenvalue weighted by atomic mass is 15.3. The molecule has 11 aromatic rings. The fraction of sp³-hybridized carbons (Fsp3) is 0. The highest BCUT2D eigenvalue weighted by Crippen LogP contribution is 2.36. The lowest BCUT2D eigenvalue weighted by Gasteiger charge is -2.13. The molecule has 0 aliphatic rings. The van der Waals surface area contributed by atoms with Crippen LogP contribution >= 0.6 is 0 Å². The molecule has 56 heavy (non-hydrogen) atoms. The third-order valence-corrected chi connectivity index (χ3v) is 9.70. The van der Waals surface area contributed by atoms with Gasteiger partial charge in [0.25, 0.3) is 0 Å². The first-order valence-corrected chi connectivity index (χ1v) is 17.6. The van der Waals surface area contributed by atoms with Crippen LogP contribution in [0.4, 0.5) is 0 Å². The number of fused-ring (bicyclic) bond motifs is 6. The lowest BCUT2D eigenvalue weighted by Crippen LogP contribution is -2.10. The lowest BCUT2D eigenvalue weighted by molar-refractivity contribution is 0.893. The first kappa shape index (κ1) is 19.6. The molecule has 0 spiro atoms. The van der Waals surface area contributed by atoms with Crippen molar-refractivity contribution in [2.24, 2.45) is 0 Å². The highest BCUT2D eigenvalue weighted by Gasteiger charge is 2.20. The monoisotopic (exact) mass is 731 g/mol.